The fraction of sp³-hybridized carbons (Fsp3) is 0.462. The largest absolute Gasteiger partial charge is 0.478 e. The van der Waals surface area contributed by atoms with Gasteiger partial charge in [-0.05, 0) is 32.9 Å². The zero-order chi connectivity index (χ0) is 11.8. The van der Waals surface area contributed by atoms with Crippen LogP contribution in [0.2, 0.25) is 0 Å². The molecule has 0 aliphatic rings. The molecule has 0 amide bonds. The molecule has 0 saturated heterocycles. The normalized spacial score (nSPS) is 8.87. The summed E-state index contributed by atoms with van der Waals surface area (Å²) in [6.07, 6.45) is 0. The van der Waals surface area contributed by atoms with E-state index in [4.69, 9.17) is 10.1 Å². The third kappa shape index (κ3) is 4.63. The Bertz CT molecular complexity index is 298. The summed E-state index contributed by atoms with van der Waals surface area (Å²) in [6, 6.07) is 6.01. The van der Waals surface area contributed by atoms with Crippen molar-refractivity contribution in [1.29, 1.82) is 5.41 Å². The molecule has 0 unspecified atom stereocenters. The van der Waals surface area contributed by atoms with Crippen molar-refractivity contribution in [2.24, 2.45) is 0 Å². The highest BCUT2D eigenvalue weighted by atomic mass is 16.5. The summed E-state index contributed by atoms with van der Waals surface area (Å²) in [5, 5.41) is 7.60. The molecule has 0 fully saturated rings. The summed E-state index contributed by atoms with van der Waals surface area (Å²) < 4.78 is 5.12. The van der Waals surface area contributed by atoms with Crippen LogP contribution in [0.15, 0.2) is 18.2 Å². The molecule has 0 radical (unpaired) electrons. The first-order chi connectivity index (χ1) is 7.13. The number of hydrogen-bond donors (Lipinski definition) is 1. The topological polar surface area (TPSA) is 33.1 Å². The highest BCUT2D eigenvalue weighted by molar-refractivity contribution is 5.91. The lowest BCUT2D eigenvalue weighted by Gasteiger charge is -2.06. The molecule has 0 saturated carbocycles. The number of benzene rings is 1. The molecule has 0 heterocycles. The summed E-state index contributed by atoms with van der Waals surface area (Å²) in [5.74, 6) is 0.259. The summed E-state index contributed by atoms with van der Waals surface area (Å²) in [4.78, 5) is 0. The van der Waals surface area contributed by atoms with E-state index >= 15 is 0 Å². The Morgan fingerprint density at radius 3 is 2.00 bits per heavy atom. The van der Waals surface area contributed by atoms with Crippen LogP contribution in [-0.2, 0) is 4.74 Å². The maximum Gasteiger partial charge on any atom is 0.213 e. The summed E-state index contributed by atoms with van der Waals surface area (Å²) in [5.41, 5.74) is 3.19. The minimum absolute atomic E-state index is 0.259. The van der Waals surface area contributed by atoms with Crippen molar-refractivity contribution in [3.05, 3.63) is 34.9 Å². The first kappa shape index (κ1) is 13.7. The predicted octanol–water partition coefficient (Wildman–Crippen LogP) is 3.69. The SMILES string of the molecule is CC.CCOC(=N)c1cc(C)cc(C)c1. The zero-order valence-electron chi connectivity index (χ0n) is 10.3. The second-order valence-corrected chi connectivity index (χ2v) is 3.14. The molecular formula is C13H21NO. The molecule has 0 aliphatic heterocycles. The first-order valence-electron chi connectivity index (χ1n) is 5.43. The molecule has 0 bridgehead atoms. The van der Waals surface area contributed by atoms with E-state index in [1.165, 1.54) is 11.1 Å². The van der Waals surface area contributed by atoms with E-state index in [1.54, 1.807) is 0 Å². The van der Waals surface area contributed by atoms with Gasteiger partial charge >= 0.3 is 0 Å². The molecule has 2 heteroatoms. The average Bonchev–Trinajstić information content (AvgIpc) is 2.20. The quantitative estimate of drug-likeness (QED) is 0.582. The molecular weight excluding hydrogens is 186 g/mol. The molecule has 1 N–H and O–H groups in total. The lowest BCUT2D eigenvalue weighted by atomic mass is 10.1. The van der Waals surface area contributed by atoms with Gasteiger partial charge in [0.2, 0.25) is 5.90 Å². The second kappa shape index (κ2) is 7.04. The van der Waals surface area contributed by atoms with Crippen LogP contribution in [0.25, 0.3) is 0 Å². The summed E-state index contributed by atoms with van der Waals surface area (Å²) in [7, 11) is 0. The van der Waals surface area contributed by atoms with Crippen molar-refractivity contribution >= 4 is 5.90 Å². The van der Waals surface area contributed by atoms with Gasteiger partial charge in [0.25, 0.3) is 0 Å². The Hall–Kier alpha value is -1.31. The molecule has 1 aromatic rings. The van der Waals surface area contributed by atoms with Gasteiger partial charge in [0.05, 0.1) is 6.61 Å². The maximum atomic E-state index is 7.60. The smallest absolute Gasteiger partial charge is 0.213 e. The van der Waals surface area contributed by atoms with Gasteiger partial charge in [-0.25, -0.2) is 0 Å². The van der Waals surface area contributed by atoms with Crippen molar-refractivity contribution in [2.45, 2.75) is 34.6 Å². The van der Waals surface area contributed by atoms with Crippen LogP contribution in [0.4, 0.5) is 0 Å². The van der Waals surface area contributed by atoms with Crippen LogP contribution >= 0.6 is 0 Å². The van der Waals surface area contributed by atoms with Gasteiger partial charge in [0, 0.05) is 5.56 Å². The Balaban J connectivity index is 0.000000921. The third-order valence-corrected chi connectivity index (χ3v) is 1.77. The first-order valence-corrected chi connectivity index (χ1v) is 5.43. The number of aryl methyl sites for hydroxylation is 2. The minimum Gasteiger partial charge on any atom is -0.478 e. The van der Waals surface area contributed by atoms with Crippen molar-refractivity contribution in [3.63, 3.8) is 0 Å². The number of rotatable bonds is 2. The predicted molar refractivity (Wildman–Crippen MR) is 65.7 cm³/mol. The molecule has 0 spiro atoms. The fourth-order valence-electron chi connectivity index (χ4n) is 1.33. The van der Waals surface area contributed by atoms with E-state index in [0.29, 0.717) is 6.61 Å². The van der Waals surface area contributed by atoms with Gasteiger partial charge in [0.15, 0.2) is 0 Å². The average molecular weight is 207 g/mol. The van der Waals surface area contributed by atoms with E-state index < -0.39 is 0 Å². The lowest BCUT2D eigenvalue weighted by Crippen LogP contribution is -2.05. The Labute approximate surface area is 92.8 Å². The molecule has 0 aliphatic carbocycles. The molecule has 84 valence electrons. The maximum absolute atomic E-state index is 7.60. The van der Waals surface area contributed by atoms with Gasteiger partial charge in [-0.1, -0.05) is 31.0 Å². The molecule has 0 atom stereocenters. The van der Waals surface area contributed by atoms with Crippen LogP contribution < -0.4 is 0 Å². The van der Waals surface area contributed by atoms with Gasteiger partial charge < -0.3 is 4.74 Å². The Kier molecular flexibility index (Phi) is 6.43. The Morgan fingerprint density at radius 1 is 1.13 bits per heavy atom. The van der Waals surface area contributed by atoms with Gasteiger partial charge in [0.1, 0.15) is 0 Å². The van der Waals surface area contributed by atoms with Crippen molar-refractivity contribution in [2.75, 3.05) is 6.61 Å². The molecule has 0 aromatic heterocycles. The van der Waals surface area contributed by atoms with Crippen LogP contribution in [0.5, 0.6) is 0 Å². The van der Waals surface area contributed by atoms with Crippen LogP contribution in [-0.4, -0.2) is 12.5 Å². The van der Waals surface area contributed by atoms with E-state index in [9.17, 15) is 0 Å². The number of ether oxygens (including phenoxy) is 1. The minimum atomic E-state index is 0.259. The number of nitrogens with one attached hydrogen (secondary N) is 1. The molecule has 1 aromatic carbocycles. The van der Waals surface area contributed by atoms with Crippen LogP contribution in [0, 0.1) is 19.3 Å². The molecule has 1 rings (SSSR count). The van der Waals surface area contributed by atoms with Crippen molar-refractivity contribution in [1.82, 2.24) is 0 Å². The molecule has 15 heavy (non-hydrogen) atoms. The third-order valence-electron chi connectivity index (χ3n) is 1.77. The number of hydrogen-bond acceptors (Lipinski definition) is 2. The standard InChI is InChI=1S/C11H15NO.C2H6/c1-4-13-11(12)10-6-8(2)5-9(3)7-10;1-2/h5-7,12H,4H2,1-3H3;1-2H3. The highest BCUT2D eigenvalue weighted by Crippen LogP contribution is 2.09. The van der Waals surface area contributed by atoms with Crippen LogP contribution in [0.3, 0.4) is 0 Å². The summed E-state index contributed by atoms with van der Waals surface area (Å²) >= 11 is 0. The lowest BCUT2D eigenvalue weighted by molar-refractivity contribution is 0.325. The summed E-state index contributed by atoms with van der Waals surface area (Å²) in [6.45, 7) is 10.5. The highest BCUT2D eigenvalue weighted by Gasteiger charge is 2.02. The van der Waals surface area contributed by atoms with Gasteiger partial charge in [-0.3, -0.25) is 5.41 Å². The molecule has 2 nitrogen and oxygen atoms in total. The van der Waals surface area contributed by atoms with Crippen molar-refractivity contribution < 1.29 is 4.74 Å². The van der Waals surface area contributed by atoms with Crippen molar-refractivity contribution in [3.8, 4) is 0 Å². The van der Waals surface area contributed by atoms with E-state index in [0.717, 1.165) is 5.56 Å². The van der Waals surface area contributed by atoms with E-state index in [1.807, 2.05) is 46.8 Å². The zero-order valence-corrected chi connectivity index (χ0v) is 10.3. The van der Waals surface area contributed by atoms with Gasteiger partial charge in [-0.15, -0.1) is 0 Å². The van der Waals surface area contributed by atoms with Gasteiger partial charge in [-0.2, -0.15) is 0 Å². The second-order valence-electron chi connectivity index (χ2n) is 3.14. The monoisotopic (exact) mass is 207 g/mol. The van der Waals surface area contributed by atoms with E-state index in [2.05, 4.69) is 6.07 Å². The van der Waals surface area contributed by atoms with Crippen LogP contribution in [0.1, 0.15) is 37.5 Å². The van der Waals surface area contributed by atoms with E-state index in [-0.39, 0.29) is 5.90 Å². The fourth-order valence-corrected chi connectivity index (χ4v) is 1.33. The Morgan fingerprint density at radius 2 is 1.60 bits per heavy atom.